The molecule has 0 spiro atoms. The number of carbonyl (C=O) groups excluding carboxylic acids is 1. The lowest BCUT2D eigenvalue weighted by Gasteiger charge is -2.39. The summed E-state index contributed by atoms with van der Waals surface area (Å²) in [7, 11) is 1.79. The Labute approximate surface area is 148 Å². The number of hydrogen-bond acceptors (Lipinski definition) is 4. The minimum Gasteiger partial charge on any atom is -0.356 e. The Morgan fingerprint density at radius 3 is 2.92 bits per heavy atom. The van der Waals surface area contributed by atoms with Gasteiger partial charge in [0.1, 0.15) is 5.82 Å². The van der Waals surface area contributed by atoms with Crippen molar-refractivity contribution in [2.24, 2.45) is 4.99 Å². The van der Waals surface area contributed by atoms with Crippen molar-refractivity contribution in [2.45, 2.75) is 31.9 Å². The normalized spacial score (nSPS) is 17.5. The van der Waals surface area contributed by atoms with Gasteiger partial charge in [0.05, 0.1) is 0 Å². The van der Waals surface area contributed by atoms with Crippen LogP contribution in [0.15, 0.2) is 23.2 Å². The Morgan fingerprint density at radius 2 is 2.25 bits per heavy atom. The molecule has 0 aromatic carbocycles. The SMILES string of the molecule is CN=C(NCCC(=O)Nc1cccc(C)n1)N1CCSC(C)(C)C1. The van der Waals surface area contributed by atoms with Crippen LogP contribution in [-0.4, -0.2) is 58.9 Å². The van der Waals surface area contributed by atoms with Crippen LogP contribution in [0.1, 0.15) is 26.0 Å². The second-order valence-corrected chi connectivity index (χ2v) is 8.27. The number of hydrogen-bond donors (Lipinski definition) is 2. The summed E-state index contributed by atoms with van der Waals surface area (Å²) in [4.78, 5) is 22.9. The van der Waals surface area contributed by atoms with E-state index >= 15 is 0 Å². The Morgan fingerprint density at radius 1 is 1.46 bits per heavy atom. The highest BCUT2D eigenvalue weighted by Gasteiger charge is 2.28. The van der Waals surface area contributed by atoms with Crippen LogP contribution in [-0.2, 0) is 4.79 Å². The van der Waals surface area contributed by atoms with E-state index in [-0.39, 0.29) is 10.7 Å². The molecule has 2 rings (SSSR count). The summed E-state index contributed by atoms with van der Waals surface area (Å²) in [5.41, 5.74) is 0.886. The maximum absolute atomic E-state index is 12.0. The minimum atomic E-state index is -0.0504. The summed E-state index contributed by atoms with van der Waals surface area (Å²) in [5, 5.41) is 6.11. The maximum atomic E-state index is 12.0. The van der Waals surface area contributed by atoms with Crippen LogP contribution in [0.25, 0.3) is 0 Å². The summed E-state index contributed by atoms with van der Waals surface area (Å²) >= 11 is 1.99. The lowest BCUT2D eigenvalue weighted by atomic mass is 10.2. The van der Waals surface area contributed by atoms with Gasteiger partial charge in [-0.25, -0.2) is 4.98 Å². The molecule has 6 nitrogen and oxygen atoms in total. The summed E-state index contributed by atoms with van der Waals surface area (Å²) in [5.74, 6) is 2.50. The monoisotopic (exact) mass is 349 g/mol. The van der Waals surface area contributed by atoms with Gasteiger partial charge in [0.15, 0.2) is 5.96 Å². The first-order valence-corrected chi connectivity index (χ1v) is 9.21. The molecule has 1 amide bonds. The van der Waals surface area contributed by atoms with Crippen molar-refractivity contribution in [3.05, 3.63) is 23.9 Å². The molecule has 1 aromatic heterocycles. The molecule has 7 heteroatoms. The van der Waals surface area contributed by atoms with Gasteiger partial charge in [0.2, 0.25) is 5.91 Å². The number of pyridine rings is 1. The number of guanidine groups is 1. The standard InChI is InChI=1S/C17H27N5OS/c1-13-6-5-7-14(20-13)21-15(23)8-9-19-16(18-4)22-10-11-24-17(2,3)12-22/h5-7H,8-12H2,1-4H3,(H,18,19)(H,20,21,23). The van der Waals surface area contributed by atoms with Gasteiger partial charge in [-0.15, -0.1) is 0 Å². The third-order valence-electron chi connectivity index (χ3n) is 3.73. The number of nitrogens with zero attached hydrogens (tertiary/aromatic N) is 3. The van der Waals surface area contributed by atoms with Gasteiger partial charge in [-0.2, -0.15) is 11.8 Å². The van der Waals surface area contributed by atoms with Crippen molar-refractivity contribution in [3.8, 4) is 0 Å². The number of rotatable bonds is 4. The van der Waals surface area contributed by atoms with Crippen molar-refractivity contribution in [2.75, 3.05) is 37.8 Å². The van der Waals surface area contributed by atoms with Crippen LogP contribution in [0.5, 0.6) is 0 Å². The molecular weight excluding hydrogens is 322 g/mol. The van der Waals surface area contributed by atoms with E-state index in [1.165, 1.54) is 0 Å². The molecule has 132 valence electrons. The van der Waals surface area contributed by atoms with Gasteiger partial charge in [-0.1, -0.05) is 6.07 Å². The molecule has 0 atom stereocenters. The highest BCUT2D eigenvalue weighted by molar-refractivity contribution is 8.00. The van der Waals surface area contributed by atoms with E-state index in [1.54, 1.807) is 13.1 Å². The molecule has 1 fully saturated rings. The average molecular weight is 350 g/mol. The fourth-order valence-corrected chi connectivity index (χ4v) is 3.75. The zero-order chi connectivity index (χ0) is 17.6. The van der Waals surface area contributed by atoms with Gasteiger partial charge in [-0.05, 0) is 32.9 Å². The van der Waals surface area contributed by atoms with Gasteiger partial charge < -0.3 is 15.5 Å². The number of aromatic nitrogens is 1. The highest BCUT2D eigenvalue weighted by Crippen LogP contribution is 2.29. The van der Waals surface area contributed by atoms with Crippen LogP contribution in [0.2, 0.25) is 0 Å². The van der Waals surface area contributed by atoms with Gasteiger partial charge in [-0.3, -0.25) is 9.79 Å². The first-order valence-electron chi connectivity index (χ1n) is 8.23. The van der Waals surface area contributed by atoms with Crippen LogP contribution in [0.3, 0.4) is 0 Å². The number of carbonyl (C=O) groups is 1. The molecule has 0 unspecified atom stereocenters. The molecule has 1 aliphatic rings. The van der Waals surface area contributed by atoms with Crippen LogP contribution in [0.4, 0.5) is 5.82 Å². The molecule has 1 aliphatic heterocycles. The minimum absolute atomic E-state index is 0.0504. The smallest absolute Gasteiger partial charge is 0.227 e. The lowest BCUT2D eigenvalue weighted by molar-refractivity contribution is -0.116. The van der Waals surface area contributed by atoms with Crippen molar-refractivity contribution >= 4 is 29.4 Å². The molecule has 1 aromatic rings. The summed E-state index contributed by atoms with van der Waals surface area (Å²) < 4.78 is 0.226. The zero-order valence-corrected chi connectivity index (χ0v) is 15.7. The fourth-order valence-electron chi connectivity index (χ4n) is 2.64. The zero-order valence-electron chi connectivity index (χ0n) is 14.9. The van der Waals surface area contributed by atoms with Crippen molar-refractivity contribution < 1.29 is 4.79 Å². The van der Waals surface area contributed by atoms with E-state index < -0.39 is 0 Å². The number of nitrogens with one attached hydrogen (secondary N) is 2. The molecule has 0 saturated carbocycles. The highest BCUT2D eigenvalue weighted by atomic mass is 32.2. The summed E-state index contributed by atoms with van der Waals surface area (Å²) in [6.07, 6.45) is 0.376. The van der Waals surface area contributed by atoms with E-state index in [4.69, 9.17) is 0 Å². The Bertz CT molecular complexity index is 602. The Hall–Kier alpha value is -1.76. The lowest BCUT2D eigenvalue weighted by Crippen LogP contribution is -2.51. The molecular formula is C17H27N5OS. The summed E-state index contributed by atoms with van der Waals surface area (Å²) in [6, 6.07) is 5.58. The average Bonchev–Trinajstić information content (AvgIpc) is 2.50. The first-order chi connectivity index (χ1) is 11.4. The largest absolute Gasteiger partial charge is 0.356 e. The van der Waals surface area contributed by atoms with Crippen molar-refractivity contribution in [1.29, 1.82) is 0 Å². The molecule has 2 N–H and O–H groups in total. The third kappa shape index (κ3) is 5.70. The second-order valence-electron chi connectivity index (χ2n) is 6.47. The Kier molecular flexibility index (Phi) is 6.48. The topological polar surface area (TPSA) is 69.6 Å². The quantitative estimate of drug-likeness (QED) is 0.644. The van der Waals surface area contributed by atoms with E-state index in [2.05, 4.69) is 39.4 Å². The van der Waals surface area contributed by atoms with E-state index in [1.807, 2.05) is 30.8 Å². The van der Waals surface area contributed by atoms with Crippen LogP contribution >= 0.6 is 11.8 Å². The van der Waals surface area contributed by atoms with Crippen molar-refractivity contribution in [1.82, 2.24) is 15.2 Å². The molecule has 0 bridgehead atoms. The number of aryl methyl sites for hydroxylation is 1. The third-order valence-corrected chi connectivity index (χ3v) is 5.03. The van der Waals surface area contributed by atoms with E-state index in [9.17, 15) is 4.79 Å². The molecule has 1 saturated heterocycles. The molecule has 2 heterocycles. The predicted molar refractivity (Wildman–Crippen MR) is 102 cm³/mol. The number of aliphatic imine (C=N–C) groups is 1. The molecule has 24 heavy (non-hydrogen) atoms. The fraction of sp³-hybridized carbons (Fsp3) is 0.588. The summed E-state index contributed by atoms with van der Waals surface area (Å²) in [6.45, 7) is 8.89. The number of thioether (sulfide) groups is 1. The van der Waals surface area contributed by atoms with E-state index in [0.29, 0.717) is 18.8 Å². The van der Waals surface area contributed by atoms with Gasteiger partial charge in [0.25, 0.3) is 0 Å². The van der Waals surface area contributed by atoms with Crippen LogP contribution < -0.4 is 10.6 Å². The number of amides is 1. The molecule has 0 aliphatic carbocycles. The maximum Gasteiger partial charge on any atom is 0.227 e. The predicted octanol–water partition coefficient (Wildman–Crippen LogP) is 2.12. The Balaban J connectivity index is 1.78. The van der Waals surface area contributed by atoms with Crippen molar-refractivity contribution in [3.63, 3.8) is 0 Å². The molecule has 0 radical (unpaired) electrons. The van der Waals surface area contributed by atoms with E-state index in [0.717, 1.165) is 30.5 Å². The van der Waals surface area contributed by atoms with Gasteiger partial charge >= 0.3 is 0 Å². The first kappa shape index (κ1) is 18.6. The number of anilines is 1. The van der Waals surface area contributed by atoms with Crippen LogP contribution in [0, 0.1) is 6.92 Å². The van der Waals surface area contributed by atoms with Gasteiger partial charge in [0, 0.05) is 49.3 Å². The second kappa shape index (κ2) is 8.37.